The van der Waals surface area contributed by atoms with Gasteiger partial charge in [0.2, 0.25) is 0 Å². The van der Waals surface area contributed by atoms with Gasteiger partial charge < -0.3 is 0 Å². The second-order valence-electron chi connectivity index (χ2n) is 8.41. The number of hydrogen-bond acceptors (Lipinski definition) is 1. The van der Waals surface area contributed by atoms with E-state index in [9.17, 15) is 0 Å². The summed E-state index contributed by atoms with van der Waals surface area (Å²) in [5.41, 5.74) is 2.32. The summed E-state index contributed by atoms with van der Waals surface area (Å²) in [4.78, 5) is 5.08. The van der Waals surface area contributed by atoms with E-state index in [1.807, 2.05) is 6.07 Å². The Balaban J connectivity index is 0.00000162. The summed E-state index contributed by atoms with van der Waals surface area (Å²) in [6, 6.07) is 40.1. The third-order valence-electron chi connectivity index (χ3n) is 6.50. The molecule has 0 fully saturated rings. The Morgan fingerprint density at radius 2 is 1.15 bits per heavy atom. The number of halogens is 2. The summed E-state index contributed by atoms with van der Waals surface area (Å²) in [7, 11) is 0. The van der Waals surface area contributed by atoms with E-state index in [4.69, 9.17) is 8.14 Å². The van der Waals surface area contributed by atoms with Gasteiger partial charge in [0.15, 0.2) is 0 Å². The monoisotopic (exact) mass is 522 g/mol. The Morgan fingerprint density at radius 3 is 1.68 bits per heavy atom. The SMILES string of the molecule is Cl.Cl.[CH2]=[Ti]([O]c1cccc(-c2ccccc2)c1)([C]1=CC=CC1)([c]1ccccc1)[c]1ccccc1. The van der Waals surface area contributed by atoms with Crippen LogP contribution in [0.2, 0.25) is 0 Å². The summed E-state index contributed by atoms with van der Waals surface area (Å²) in [6.07, 6.45) is 7.44. The molecule has 0 saturated heterocycles. The fourth-order valence-electron chi connectivity index (χ4n) is 4.77. The number of hydrogen-bond donors (Lipinski definition) is 0. The first-order valence-corrected chi connectivity index (χ1v) is 15.1. The van der Waals surface area contributed by atoms with E-state index in [1.54, 1.807) is 0 Å². The minimum atomic E-state index is -4.38. The van der Waals surface area contributed by atoms with Crippen molar-refractivity contribution in [2.75, 3.05) is 0 Å². The van der Waals surface area contributed by atoms with Crippen LogP contribution in [0.1, 0.15) is 6.42 Å². The zero-order valence-electron chi connectivity index (χ0n) is 18.8. The molecular formula is C30H28Cl2OTi. The average Bonchev–Trinajstić information content (AvgIpc) is 3.42. The Bertz CT molecular complexity index is 1320. The van der Waals surface area contributed by atoms with E-state index < -0.39 is 15.2 Å². The topological polar surface area (TPSA) is 9.23 Å². The summed E-state index contributed by atoms with van der Waals surface area (Å²) in [6.45, 7) is 0. The van der Waals surface area contributed by atoms with Crippen LogP contribution >= 0.6 is 24.8 Å². The van der Waals surface area contributed by atoms with Gasteiger partial charge in [0.05, 0.1) is 0 Å². The zero-order valence-corrected chi connectivity index (χ0v) is 22.0. The van der Waals surface area contributed by atoms with Crippen molar-refractivity contribution < 1.29 is 18.5 Å². The molecule has 1 aliphatic rings. The predicted molar refractivity (Wildman–Crippen MR) is 148 cm³/mol. The van der Waals surface area contributed by atoms with Gasteiger partial charge in [-0.15, -0.1) is 24.8 Å². The van der Waals surface area contributed by atoms with Crippen molar-refractivity contribution in [2.24, 2.45) is 0 Å². The van der Waals surface area contributed by atoms with Gasteiger partial charge in [-0.3, -0.25) is 0 Å². The second kappa shape index (κ2) is 10.7. The van der Waals surface area contributed by atoms with Crippen LogP contribution in [-0.4, -0.2) is 4.82 Å². The number of allylic oxidation sites excluding steroid dienone is 4. The molecule has 0 radical (unpaired) electrons. The van der Waals surface area contributed by atoms with E-state index in [2.05, 4.69) is 127 Å². The second-order valence-corrected chi connectivity index (χ2v) is 15.8. The standard InChI is InChI=1S/C12H10O.2C6H5.C5H5.CH2.2ClH.Ti/c13-12-8-4-7-11(9-12)10-5-2-1-3-6-10;2*1-2-4-6-5-3-1;1-2-4-5-3-1;;;;/h1-9,13H;2*1-5H;1-3H,4H2;1H2;2*1H;/q;;;;;;;+1/p-1. The molecule has 0 N–H and O–H groups in total. The van der Waals surface area contributed by atoms with Gasteiger partial charge in [-0.1, -0.05) is 0 Å². The van der Waals surface area contributed by atoms with E-state index in [0.717, 1.165) is 17.7 Å². The van der Waals surface area contributed by atoms with Crippen LogP contribution < -0.4 is 11.1 Å². The van der Waals surface area contributed by atoms with Gasteiger partial charge in [0, 0.05) is 0 Å². The van der Waals surface area contributed by atoms with Crippen LogP contribution in [0, 0.1) is 0 Å². The third-order valence-corrected chi connectivity index (χ3v) is 15.1. The molecule has 34 heavy (non-hydrogen) atoms. The van der Waals surface area contributed by atoms with E-state index in [0.29, 0.717) is 0 Å². The molecule has 0 amide bonds. The van der Waals surface area contributed by atoms with Gasteiger partial charge in [-0.05, 0) is 0 Å². The molecule has 1 aliphatic carbocycles. The zero-order chi connectivity index (χ0) is 21.9. The normalized spacial score (nSPS) is 12.8. The van der Waals surface area contributed by atoms with Gasteiger partial charge in [-0.2, -0.15) is 0 Å². The molecular weight excluding hydrogens is 495 g/mol. The first kappa shape index (κ1) is 25.9. The van der Waals surface area contributed by atoms with Crippen molar-refractivity contribution in [1.82, 2.24) is 0 Å². The fraction of sp³-hybridized carbons (Fsp3) is 0.0333. The molecule has 4 aromatic carbocycles. The van der Waals surface area contributed by atoms with Crippen molar-refractivity contribution in [3.05, 3.63) is 137 Å². The quantitative estimate of drug-likeness (QED) is 0.245. The first-order chi connectivity index (χ1) is 15.7. The van der Waals surface area contributed by atoms with Crippen LogP contribution in [0.15, 0.2) is 137 Å². The average molecular weight is 523 g/mol. The molecule has 172 valence electrons. The molecule has 0 spiro atoms. The summed E-state index contributed by atoms with van der Waals surface area (Å²) < 4.78 is 11.0. The first-order valence-electron chi connectivity index (χ1n) is 11.0. The Morgan fingerprint density at radius 1 is 0.618 bits per heavy atom. The van der Waals surface area contributed by atoms with Crippen molar-refractivity contribution in [2.45, 2.75) is 6.42 Å². The van der Waals surface area contributed by atoms with Crippen molar-refractivity contribution >= 4 is 37.4 Å². The Hall–Kier alpha value is -2.68. The van der Waals surface area contributed by atoms with Crippen molar-refractivity contribution in [3.8, 4) is 16.9 Å². The molecule has 4 heteroatoms. The van der Waals surface area contributed by atoms with Crippen LogP contribution in [0.5, 0.6) is 5.75 Å². The molecule has 1 nitrogen and oxygen atoms in total. The van der Waals surface area contributed by atoms with E-state index in [1.165, 1.54) is 17.2 Å². The van der Waals surface area contributed by atoms with E-state index in [-0.39, 0.29) is 24.8 Å². The molecule has 0 saturated carbocycles. The maximum atomic E-state index is 7.28. The molecule has 5 rings (SSSR count). The van der Waals surface area contributed by atoms with E-state index >= 15 is 0 Å². The molecule has 0 heterocycles. The Kier molecular flexibility index (Phi) is 8.18. The third kappa shape index (κ3) is 4.50. The minimum absolute atomic E-state index is 0. The molecule has 0 aliphatic heterocycles. The molecule has 0 bridgehead atoms. The van der Waals surface area contributed by atoms with Gasteiger partial charge in [0.25, 0.3) is 0 Å². The molecule has 0 atom stereocenters. The van der Waals surface area contributed by atoms with Crippen LogP contribution in [0.4, 0.5) is 0 Å². The van der Waals surface area contributed by atoms with Gasteiger partial charge in [-0.25, -0.2) is 0 Å². The van der Waals surface area contributed by atoms with Gasteiger partial charge in [0.1, 0.15) is 0 Å². The summed E-state index contributed by atoms with van der Waals surface area (Å²) in [5.74, 6) is 0.860. The molecule has 0 unspecified atom stereocenters. The summed E-state index contributed by atoms with van der Waals surface area (Å²) >= 11 is -4.38. The molecule has 4 aromatic rings. The fourth-order valence-corrected chi connectivity index (χ4v) is 12.4. The summed E-state index contributed by atoms with van der Waals surface area (Å²) in [5, 5.41) is 0. The number of benzene rings is 4. The van der Waals surface area contributed by atoms with Gasteiger partial charge >= 0.3 is 192 Å². The van der Waals surface area contributed by atoms with Crippen LogP contribution in [0.3, 0.4) is 0 Å². The Labute approximate surface area is 215 Å². The van der Waals surface area contributed by atoms with Crippen LogP contribution in [-0.2, 0) is 15.2 Å². The maximum absolute atomic E-state index is 7.28. The van der Waals surface area contributed by atoms with Crippen molar-refractivity contribution in [3.63, 3.8) is 0 Å². The van der Waals surface area contributed by atoms with Crippen LogP contribution in [0.25, 0.3) is 11.1 Å². The van der Waals surface area contributed by atoms with Crippen molar-refractivity contribution in [1.29, 1.82) is 0 Å². The molecule has 0 aromatic heterocycles. The predicted octanol–water partition coefficient (Wildman–Crippen LogP) is 7.11. The number of rotatable bonds is 6.